The van der Waals surface area contributed by atoms with E-state index in [-0.39, 0.29) is 0 Å². The second-order valence-corrected chi connectivity index (χ2v) is 4.45. The number of nitrogens with one attached hydrogen (secondary N) is 1. The Morgan fingerprint density at radius 1 is 1.50 bits per heavy atom. The number of aromatic nitrogens is 2. The van der Waals surface area contributed by atoms with Gasteiger partial charge in [0.25, 0.3) is 0 Å². The molecule has 1 aliphatic heterocycles. The van der Waals surface area contributed by atoms with Crippen LogP contribution in [0.3, 0.4) is 0 Å². The SMILES string of the molecule is C=CCN1CCC(Nc2cc(OC)ncn2)CC1. The minimum atomic E-state index is 0.477. The highest BCUT2D eigenvalue weighted by Crippen LogP contribution is 2.17. The molecule has 0 unspecified atom stereocenters. The minimum absolute atomic E-state index is 0.477. The van der Waals surface area contributed by atoms with Crippen molar-refractivity contribution in [2.24, 2.45) is 0 Å². The number of ether oxygens (including phenoxy) is 1. The largest absolute Gasteiger partial charge is 0.481 e. The topological polar surface area (TPSA) is 50.3 Å². The molecule has 98 valence electrons. The molecule has 0 spiro atoms. The second-order valence-electron chi connectivity index (χ2n) is 4.45. The van der Waals surface area contributed by atoms with Crippen molar-refractivity contribution in [1.82, 2.24) is 14.9 Å². The van der Waals surface area contributed by atoms with Crippen LogP contribution < -0.4 is 10.1 Å². The molecule has 0 bridgehead atoms. The molecule has 5 heteroatoms. The summed E-state index contributed by atoms with van der Waals surface area (Å²) >= 11 is 0. The summed E-state index contributed by atoms with van der Waals surface area (Å²) in [6.07, 6.45) is 5.73. The number of methoxy groups -OCH3 is 1. The highest BCUT2D eigenvalue weighted by atomic mass is 16.5. The van der Waals surface area contributed by atoms with Crippen LogP contribution in [0, 0.1) is 0 Å². The quantitative estimate of drug-likeness (QED) is 0.801. The van der Waals surface area contributed by atoms with E-state index in [4.69, 9.17) is 4.74 Å². The average Bonchev–Trinajstić information content (AvgIpc) is 2.42. The van der Waals surface area contributed by atoms with Gasteiger partial charge in [0, 0.05) is 31.7 Å². The van der Waals surface area contributed by atoms with Crippen molar-refractivity contribution in [2.75, 3.05) is 32.1 Å². The summed E-state index contributed by atoms with van der Waals surface area (Å²) in [6.45, 7) is 6.96. The monoisotopic (exact) mass is 248 g/mol. The van der Waals surface area contributed by atoms with E-state index < -0.39 is 0 Å². The van der Waals surface area contributed by atoms with Crippen molar-refractivity contribution < 1.29 is 4.74 Å². The van der Waals surface area contributed by atoms with Crippen LogP contribution in [-0.2, 0) is 0 Å². The molecule has 18 heavy (non-hydrogen) atoms. The lowest BCUT2D eigenvalue weighted by molar-refractivity contribution is 0.240. The number of hydrogen-bond acceptors (Lipinski definition) is 5. The summed E-state index contributed by atoms with van der Waals surface area (Å²) in [5, 5.41) is 3.43. The minimum Gasteiger partial charge on any atom is -0.481 e. The fraction of sp³-hybridized carbons (Fsp3) is 0.538. The highest BCUT2D eigenvalue weighted by molar-refractivity contribution is 5.38. The third-order valence-electron chi connectivity index (χ3n) is 3.18. The maximum atomic E-state index is 5.08. The number of nitrogens with zero attached hydrogens (tertiary/aromatic N) is 3. The maximum absolute atomic E-state index is 5.08. The van der Waals surface area contributed by atoms with Crippen LogP contribution in [-0.4, -0.2) is 47.7 Å². The van der Waals surface area contributed by atoms with E-state index in [1.807, 2.05) is 12.1 Å². The average molecular weight is 248 g/mol. The van der Waals surface area contributed by atoms with Crippen molar-refractivity contribution in [3.05, 3.63) is 25.0 Å². The van der Waals surface area contributed by atoms with Crippen molar-refractivity contribution in [2.45, 2.75) is 18.9 Å². The highest BCUT2D eigenvalue weighted by Gasteiger charge is 2.18. The van der Waals surface area contributed by atoms with Crippen LogP contribution in [0.5, 0.6) is 5.88 Å². The predicted octanol–water partition coefficient (Wildman–Crippen LogP) is 1.55. The lowest BCUT2D eigenvalue weighted by Crippen LogP contribution is -2.39. The molecule has 1 N–H and O–H groups in total. The van der Waals surface area contributed by atoms with Gasteiger partial charge in [0.1, 0.15) is 12.1 Å². The Morgan fingerprint density at radius 3 is 2.94 bits per heavy atom. The van der Waals surface area contributed by atoms with Gasteiger partial charge in [0.2, 0.25) is 5.88 Å². The predicted molar refractivity (Wildman–Crippen MR) is 71.9 cm³/mol. The molecule has 1 aromatic heterocycles. The Balaban J connectivity index is 1.85. The lowest BCUT2D eigenvalue weighted by atomic mass is 10.1. The van der Waals surface area contributed by atoms with Gasteiger partial charge in [0.15, 0.2) is 0 Å². The fourth-order valence-electron chi connectivity index (χ4n) is 2.18. The number of hydrogen-bond donors (Lipinski definition) is 1. The first kappa shape index (κ1) is 12.8. The van der Waals surface area contributed by atoms with E-state index >= 15 is 0 Å². The molecule has 0 radical (unpaired) electrons. The van der Waals surface area contributed by atoms with Crippen molar-refractivity contribution >= 4 is 5.82 Å². The van der Waals surface area contributed by atoms with E-state index in [9.17, 15) is 0 Å². The number of piperidine rings is 1. The van der Waals surface area contributed by atoms with E-state index in [0.29, 0.717) is 11.9 Å². The molecule has 1 saturated heterocycles. The smallest absolute Gasteiger partial charge is 0.218 e. The van der Waals surface area contributed by atoms with E-state index in [2.05, 4.69) is 26.8 Å². The molecule has 0 aromatic carbocycles. The fourth-order valence-corrected chi connectivity index (χ4v) is 2.18. The first-order valence-corrected chi connectivity index (χ1v) is 6.27. The van der Waals surface area contributed by atoms with Crippen molar-refractivity contribution in [1.29, 1.82) is 0 Å². The van der Waals surface area contributed by atoms with Gasteiger partial charge in [-0.15, -0.1) is 6.58 Å². The summed E-state index contributed by atoms with van der Waals surface area (Å²) in [4.78, 5) is 10.6. The zero-order chi connectivity index (χ0) is 12.8. The maximum Gasteiger partial charge on any atom is 0.218 e. The van der Waals surface area contributed by atoms with Crippen LogP contribution in [0.15, 0.2) is 25.0 Å². The Hall–Kier alpha value is -1.62. The first-order valence-electron chi connectivity index (χ1n) is 6.27. The normalized spacial score (nSPS) is 17.4. The van der Waals surface area contributed by atoms with Gasteiger partial charge < -0.3 is 10.1 Å². The molecule has 2 rings (SSSR count). The molecule has 1 aromatic rings. The summed E-state index contributed by atoms with van der Waals surface area (Å²) in [5.74, 6) is 1.43. The Kier molecular flexibility index (Phi) is 4.52. The summed E-state index contributed by atoms with van der Waals surface area (Å²) < 4.78 is 5.08. The van der Waals surface area contributed by atoms with Crippen LogP contribution in [0.4, 0.5) is 5.82 Å². The first-order chi connectivity index (χ1) is 8.81. The second kappa shape index (κ2) is 6.35. The molecule has 0 aliphatic carbocycles. The van der Waals surface area contributed by atoms with Crippen molar-refractivity contribution in [3.8, 4) is 5.88 Å². The summed E-state index contributed by atoms with van der Waals surface area (Å²) in [5.41, 5.74) is 0. The third kappa shape index (κ3) is 3.43. The standard InChI is InChI=1S/C13H20N4O/c1-3-6-17-7-4-11(5-8-17)16-12-9-13(18-2)15-10-14-12/h3,9-11H,1,4-8H2,2H3,(H,14,15,16). The van der Waals surface area contributed by atoms with Gasteiger partial charge in [-0.2, -0.15) is 0 Å². The molecule has 1 fully saturated rings. The molecule has 0 saturated carbocycles. The van der Waals surface area contributed by atoms with Crippen LogP contribution >= 0.6 is 0 Å². The number of anilines is 1. The molecule has 5 nitrogen and oxygen atoms in total. The molecule has 0 atom stereocenters. The van der Waals surface area contributed by atoms with E-state index in [1.165, 1.54) is 6.33 Å². The molecular formula is C13H20N4O. The zero-order valence-corrected chi connectivity index (χ0v) is 10.8. The number of rotatable bonds is 5. The Labute approximate surface area is 108 Å². The van der Waals surface area contributed by atoms with Gasteiger partial charge in [-0.25, -0.2) is 9.97 Å². The Bertz CT molecular complexity index is 388. The lowest BCUT2D eigenvalue weighted by Gasteiger charge is -2.31. The molecule has 0 amide bonds. The number of likely N-dealkylation sites (tertiary alicyclic amines) is 1. The van der Waals surface area contributed by atoms with Gasteiger partial charge in [-0.1, -0.05) is 6.08 Å². The third-order valence-corrected chi connectivity index (χ3v) is 3.18. The van der Waals surface area contributed by atoms with E-state index in [0.717, 1.165) is 38.3 Å². The van der Waals surface area contributed by atoms with Crippen LogP contribution in [0.1, 0.15) is 12.8 Å². The van der Waals surface area contributed by atoms with E-state index in [1.54, 1.807) is 7.11 Å². The van der Waals surface area contributed by atoms with Crippen LogP contribution in [0.25, 0.3) is 0 Å². The summed E-state index contributed by atoms with van der Waals surface area (Å²) in [7, 11) is 1.61. The molecular weight excluding hydrogens is 228 g/mol. The van der Waals surface area contributed by atoms with Gasteiger partial charge in [0.05, 0.1) is 7.11 Å². The van der Waals surface area contributed by atoms with Gasteiger partial charge >= 0.3 is 0 Å². The van der Waals surface area contributed by atoms with Crippen LogP contribution in [0.2, 0.25) is 0 Å². The summed E-state index contributed by atoms with van der Waals surface area (Å²) in [6, 6.07) is 2.31. The van der Waals surface area contributed by atoms with Gasteiger partial charge in [-0.3, -0.25) is 4.90 Å². The van der Waals surface area contributed by atoms with Gasteiger partial charge in [-0.05, 0) is 12.8 Å². The molecule has 1 aliphatic rings. The molecule has 2 heterocycles. The van der Waals surface area contributed by atoms with Crippen molar-refractivity contribution in [3.63, 3.8) is 0 Å². The Morgan fingerprint density at radius 2 is 2.28 bits per heavy atom. The zero-order valence-electron chi connectivity index (χ0n) is 10.8.